The highest BCUT2D eigenvalue weighted by Crippen LogP contribution is 2.35. The van der Waals surface area contributed by atoms with Gasteiger partial charge in [-0.3, -0.25) is 0 Å². The molecular weight excluding hydrogens is 422 g/mol. The number of rotatable bonds is 4. The van der Waals surface area contributed by atoms with Gasteiger partial charge in [0.1, 0.15) is 5.69 Å². The Balaban J connectivity index is 1.51. The third kappa shape index (κ3) is 4.04. The minimum absolute atomic E-state index is 0.214. The molecule has 0 bridgehead atoms. The first-order valence-electron chi connectivity index (χ1n) is 10.7. The second-order valence-corrected chi connectivity index (χ2v) is 8.52. The maximum absolute atomic E-state index is 11.4. The van der Waals surface area contributed by atoms with E-state index in [1.54, 1.807) is 18.2 Å². The monoisotopic (exact) mass is 443 g/mol. The predicted molar refractivity (Wildman–Crippen MR) is 128 cm³/mol. The molecule has 0 atom stereocenters. The summed E-state index contributed by atoms with van der Waals surface area (Å²) in [5, 5.41) is 10.1. The summed E-state index contributed by atoms with van der Waals surface area (Å²) in [5.74, 6) is 0.322. The average Bonchev–Trinajstić information content (AvgIpc) is 2.84. The van der Waals surface area contributed by atoms with Crippen molar-refractivity contribution < 1.29 is 9.90 Å². The van der Waals surface area contributed by atoms with E-state index in [1.165, 1.54) is 5.56 Å². The fraction of sp³-hybridized carbons (Fsp3) is 0.192. The summed E-state index contributed by atoms with van der Waals surface area (Å²) in [7, 11) is 0. The summed E-state index contributed by atoms with van der Waals surface area (Å²) in [5.41, 5.74) is 4.64. The zero-order valence-corrected chi connectivity index (χ0v) is 18.2. The summed E-state index contributed by atoms with van der Waals surface area (Å²) in [6.07, 6.45) is 2.01. The van der Waals surface area contributed by atoms with Crippen LogP contribution in [0.2, 0.25) is 5.02 Å². The Hall–Kier alpha value is -3.44. The molecule has 1 aliphatic heterocycles. The van der Waals surface area contributed by atoms with Crippen LogP contribution in [0.15, 0.2) is 72.8 Å². The van der Waals surface area contributed by atoms with Crippen molar-refractivity contribution in [1.29, 1.82) is 0 Å². The number of carbonyl (C=O) groups is 1. The minimum Gasteiger partial charge on any atom is -0.478 e. The molecule has 0 unspecified atom stereocenters. The maximum atomic E-state index is 11.4. The largest absolute Gasteiger partial charge is 0.478 e. The van der Waals surface area contributed by atoms with Gasteiger partial charge >= 0.3 is 5.97 Å². The molecule has 0 amide bonds. The van der Waals surface area contributed by atoms with E-state index < -0.39 is 5.97 Å². The smallest absolute Gasteiger partial charge is 0.335 e. The molecule has 32 heavy (non-hydrogen) atoms. The van der Waals surface area contributed by atoms with Gasteiger partial charge < -0.3 is 10.0 Å². The molecule has 5 rings (SSSR count). The molecule has 1 saturated heterocycles. The highest BCUT2D eigenvalue weighted by atomic mass is 35.5. The van der Waals surface area contributed by atoms with Gasteiger partial charge in [-0.15, -0.1) is 0 Å². The summed E-state index contributed by atoms with van der Waals surface area (Å²) < 4.78 is 0. The van der Waals surface area contributed by atoms with Crippen LogP contribution >= 0.6 is 11.6 Å². The normalized spacial score (nSPS) is 14.6. The van der Waals surface area contributed by atoms with Gasteiger partial charge in [-0.25, -0.2) is 14.8 Å². The lowest BCUT2D eigenvalue weighted by atomic mass is 9.89. The quantitative estimate of drug-likeness (QED) is 0.417. The van der Waals surface area contributed by atoms with Crippen LogP contribution < -0.4 is 4.90 Å². The van der Waals surface area contributed by atoms with Gasteiger partial charge in [-0.2, -0.15) is 0 Å². The number of benzene rings is 3. The van der Waals surface area contributed by atoms with Crippen molar-refractivity contribution in [3.05, 3.63) is 88.9 Å². The van der Waals surface area contributed by atoms with E-state index in [4.69, 9.17) is 21.6 Å². The summed E-state index contributed by atoms with van der Waals surface area (Å²) in [6, 6.07) is 23.1. The van der Waals surface area contributed by atoms with Crippen LogP contribution in [0.3, 0.4) is 0 Å². The van der Waals surface area contributed by atoms with Crippen molar-refractivity contribution in [3.63, 3.8) is 0 Å². The van der Waals surface area contributed by atoms with E-state index in [2.05, 4.69) is 17.0 Å². The zero-order chi connectivity index (χ0) is 22.1. The number of carboxylic acids is 1. The van der Waals surface area contributed by atoms with Crippen LogP contribution in [0.25, 0.3) is 22.3 Å². The molecule has 1 aliphatic rings. The van der Waals surface area contributed by atoms with Crippen molar-refractivity contribution >= 4 is 34.4 Å². The number of aromatic carboxylic acids is 1. The fourth-order valence-corrected chi connectivity index (χ4v) is 4.47. The lowest BCUT2D eigenvalue weighted by Crippen LogP contribution is -2.34. The number of anilines is 1. The van der Waals surface area contributed by atoms with Gasteiger partial charge in [-0.1, -0.05) is 54.1 Å². The molecule has 0 saturated carbocycles. The Morgan fingerprint density at radius 1 is 0.906 bits per heavy atom. The molecule has 5 nitrogen and oxygen atoms in total. The molecule has 2 heterocycles. The SMILES string of the molecule is O=C(O)c1ccc2nc(-c3ccccc3)c(N3CCC(c4ccc(Cl)cc4)CC3)nc2c1. The van der Waals surface area contributed by atoms with Crippen LogP contribution in [0.5, 0.6) is 0 Å². The van der Waals surface area contributed by atoms with E-state index in [1.807, 2.05) is 42.5 Å². The zero-order valence-electron chi connectivity index (χ0n) is 17.4. The van der Waals surface area contributed by atoms with Gasteiger partial charge in [0.25, 0.3) is 0 Å². The number of carboxylic acid groups (broad SMARTS) is 1. The minimum atomic E-state index is -0.967. The second kappa shape index (κ2) is 8.60. The van der Waals surface area contributed by atoms with Crippen LogP contribution in [0.1, 0.15) is 34.7 Å². The number of piperidine rings is 1. The third-order valence-electron chi connectivity index (χ3n) is 6.08. The lowest BCUT2D eigenvalue weighted by Gasteiger charge is -2.34. The summed E-state index contributed by atoms with van der Waals surface area (Å²) in [4.78, 5) is 23.5. The molecule has 0 radical (unpaired) electrons. The van der Waals surface area contributed by atoms with E-state index in [9.17, 15) is 9.90 Å². The standard InChI is InChI=1S/C26H22ClN3O2/c27-21-9-6-17(7-10-21)18-12-14-30(15-13-18)25-24(19-4-2-1-3-5-19)28-22-11-8-20(26(31)32)16-23(22)29-25/h1-11,16,18H,12-15H2,(H,31,32). The Labute approximate surface area is 191 Å². The molecule has 1 aromatic heterocycles. The Bertz CT molecular complexity index is 1270. The van der Waals surface area contributed by atoms with Crippen LogP contribution in [-0.2, 0) is 0 Å². The van der Waals surface area contributed by atoms with Gasteiger partial charge in [0, 0.05) is 23.7 Å². The van der Waals surface area contributed by atoms with Gasteiger partial charge in [-0.05, 0) is 54.7 Å². The first kappa shape index (κ1) is 20.5. The third-order valence-corrected chi connectivity index (χ3v) is 6.33. The predicted octanol–water partition coefficient (Wildman–Crippen LogP) is 6.03. The van der Waals surface area contributed by atoms with E-state index in [0.29, 0.717) is 17.0 Å². The Kier molecular flexibility index (Phi) is 5.50. The van der Waals surface area contributed by atoms with Crippen molar-refractivity contribution in [2.24, 2.45) is 0 Å². The summed E-state index contributed by atoms with van der Waals surface area (Å²) in [6.45, 7) is 1.71. The van der Waals surface area contributed by atoms with Crippen LogP contribution in [0, 0.1) is 0 Å². The van der Waals surface area contributed by atoms with E-state index in [-0.39, 0.29) is 5.56 Å². The van der Waals surface area contributed by atoms with Crippen molar-refractivity contribution in [2.45, 2.75) is 18.8 Å². The molecule has 1 fully saturated rings. The van der Waals surface area contributed by atoms with Gasteiger partial charge in [0.2, 0.25) is 0 Å². The summed E-state index contributed by atoms with van der Waals surface area (Å²) >= 11 is 6.05. The number of fused-ring (bicyclic) bond motifs is 1. The average molecular weight is 444 g/mol. The molecule has 1 N–H and O–H groups in total. The van der Waals surface area contributed by atoms with Gasteiger partial charge in [0.15, 0.2) is 5.82 Å². The number of aromatic nitrogens is 2. The molecular formula is C26H22ClN3O2. The number of hydrogen-bond acceptors (Lipinski definition) is 4. The highest BCUT2D eigenvalue weighted by molar-refractivity contribution is 6.30. The number of hydrogen-bond donors (Lipinski definition) is 1. The molecule has 4 aromatic rings. The molecule has 0 aliphatic carbocycles. The fourth-order valence-electron chi connectivity index (χ4n) is 4.35. The second-order valence-electron chi connectivity index (χ2n) is 8.08. The molecule has 6 heteroatoms. The highest BCUT2D eigenvalue weighted by Gasteiger charge is 2.25. The first-order valence-corrected chi connectivity index (χ1v) is 11.1. The first-order chi connectivity index (χ1) is 15.6. The van der Waals surface area contributed by atoms with Crippen LogP contribution in [-0.4, -0.2) is 34.1 Å². The van der Waals surface area contributed by atoms with Crippen molar-refractivity contribution in [3.8, 4) is 11.3 Å². The molecule has 0 spiro atoms. The van der Waals surface area contributed by atoms with Crippen LogP contribution in [0.4, 0.5) is 5.82 Å². The Morgan fingerprint density at radius 2 is 1.62 bits per heavy atom. The Morgan fingerprint density at radius 3 is 2.31 bits per heavy atom. The van der Waals surface area contributed by atoms with E-state index in [0.717, 1.165) is 48.0 Å². The van der Waals surface area contributed by atoms with Crippen molar-refractivity contribution in [2.75, 3.05) is 18.0 Å². The molecule has 160 valence electrons. The lowest BCUT2D eigenvalue weighted by molar-refractivity contribution is 0.0697. The number of nitrogens with zero attached hydrogens (tertiary/aromatic N) is 3. The van der Waals surface area contributed by atoms with Gasteiger partial charge in [0.05, 0.1) is 16.6 Å². The number of halogens is 1. The van der Waals surface area contributed by atoms with Crippen molar-refractivity contribution in [1.82, 2.24) is 9.97 Å². The van der Waals surface area contributed by atoms with E-state index >= 15 is 0 Å². The topological polar surface area (TPSA) is 66.3 Å². The maximum Gasteiger partial charge on any atom is 0.335 e. The molecule has 3 aromatic carbocycles.